The Labute approximate surface area is 110 Å². The predicted octanol–water partition coefficient (Wildman–Crippen LogP) is 1.34. The summed E-state index contributed by atoms with van der Waals surface area (Å²) < 4.78 is 26.2. The SMILES string of the molecule is Nc1cccc(CS(=O)(=O)NCc2cscn2)c1. The lowest BCUT2D eigenvalue weighted by Crippen LogP contribution is -2.24. The molecular weight excluding hydrogens is 270 g/mol. The molecule has 1 heterocycles. The van der Waals surface area contributed by atoms with Crippen LogP contribution in [0.25, 0.3) is 0 Å². The monoisotopic (exact) mass is 283 g/mol. The van der Waals surface area contributed by atoms with Crippen LogP contribution in [0.5, 0.6) is 0 Å². The Morgan fingerprint density at radius 2 is 2.22 bits per heavy atom. The van der Waals surface area contributed by atoms with E-state index in [0.717, 1.165) is 5.69 Å². The molecule has 3 N–H and O–H groups in total. The van der Waals surface area contributed by atoms with Crippen molar-refractivity contribution in [3.8, 4) is 0 Å². The van der Waals surface area contributed by atoms with E-state index in [1.807, 2.05) is 5.38 Å². The fourth-order valence-electron chi connectivity index (χ4n) is 1.46. The molecule has 0 atom stereocenters. The first-order valence-corrected chi connectivity index (χ1v) is 7.83. The number of rotatable bonds is 5. The molecule has 0 amide bonds. The second-order valence-corrected chi connectivity index (χ2v) is 6.33. The van der Waals surface area contributed by atoms with Crippen LogP contribution in [-0.2, 0) is 22.3 Å². The van der Waals surface area contributed by atoms with E-state index in [4.69, 9.17) is 5.73 Å². The Hall–Kier alpha value is -1.44. The molecule has 0 bridgehead atoms. The summed E-state index contributed by atoms with van der Waals surface area (Å²) in [4.78, 5) is 4.01. The number of aromatic nitrogens is 1. The molecule has 7 heteroatoms. The summed E-state index contributed by atoms with van der Waals surface area (Å²) in [6, 6.07) is 6.85. The lowest BCUT2D eigenvalue weighted by atomic mass is 10.2. The minimum Gasteiger partial charge on any atom is -0.399 e. The van der Waals surface area contributed by atoms with Gasteiger partial charge in [-0.05, 0) is 17.7 Å². The van der Waals surface area contributed by atoms with Gasteiger partial charge >= 0.3 is 0 Å². The van der Waals surface area contributed by atoms with Crippen LogP contribution < -0.4 is 10.5 Å². The lowest BCUT2D eigenvalue weighted by molar-refractivity contribution is 0.580. The Morgan fingerprint density at radius 3 is 2.89 bits per heavy atom. The summed E-state index contributed by atoms with van der Waals surface area (Å²) in [5.41, 5.74) is 9.22. The van der Waals surface area contributed by atoms with E-state index < -0.39 is 10.0 Å². The highest BCUT2D eigenvalue weighted by Crippen LogP contribution is 2.10. The van der Waals surface area contributed by atoms with Crippen molar-refractivity contribution in [3.05, 3.63) is 46.4 Å². The number of benzene rings is 1. The van der Waals surface area contributed by atoms with Crippen molar-refractivity contribution in [2.45, 2.75) is 12.3 Å². The van der Waals surface area contributed by atoms with Crippen molar-refractivity contribution in [3.63, 3.8) is 0 Å². The van der Waals surface area contributed by atoms with Gasteiger partial charge in [-0.25, -0.2) is 18.1 Å². The number of nitrogens with two attached hydrogens (primary N) is 1. The minimum atomic E-state index is -3.37. The smallest absolute Gasteiger partial charge is 0.216 e. The van der Waals surface area contributed by atoms with Gasteiger partial charge in [0, 0.05) is 11.1 Å². The molecule has 0 radical (unpaired) electrons. The standard InChI is InChI=1S/C11H13N3O2S2/c12-10-3-1-2-9(4-10)7-18(15,16)14-5-11-6-17-8-13-11/h1-4,6,8,14H,5,7,12H2. The Balaban J connectivity index is 1.99. The summed E-state index contributed by atoms with van der Waals surface area (Å²) in [7, 11) is -3.37. The molecule has 0 spiro atoms. The molecule has 0 aliphatic heterocycles. The third-order valence-electron chi connectivity index (χ3n) is 2.26. The van der Waals surface area contributed by atoms with E-state index in [9.17, 15) is 8.42 Å². The van der Waals surface area contributed by atoms with E-state index in [2.05, 4.69) is 9.71 Å². The minimum absolute atomic E-state index is 0.0812. The van der Waals surface area contributed by atoms with E-state index in [1.54, 1.807) is 29.8 Å². The summed E-state index contributed by atoms with van der Waals surface area (Å²) in [5.74, 6) is -0.0812. The number of sulfonamides is 1. The Bertz CT molecular complexity index is 609. The van der Waals surface area contributed by atoms with Gasteiger partial charge in [0.2, 0.25) is 10.0 Å². The number of hydrogen-bond acceptors (Lipinski definition) is 5. The third-order valence-corrected chi connectivity index (χ3v) is 4.20. The molecule has 0 saturated carbocycles. The molecule has 0 aliphatic carbocycles. The second kappa shape index (κ2) is 5.47. The van der Waals surface area contributed by atoms with E-state index >= 15 is 0 Å². The molecule has 1 aromatic heterocycles. The van der Waals surface area contributed by atoms with Crippen LogP contribution in [-0.4, -0.2) is 13.4 Å². The molecular formula is C11H13N3O2S2. The van der Waals surface area contributed by atoms with E-state index in [-0.39, 0.29) is 12.3 Å². The van der Waals surface area contributed by atoms with Crippen LogP contribution in [0, 0.1) is 0 Å². The van der Waals surface area contributed by atoms with Crippen LogP contribution in [0.3, 0.4) is 0 Å². The normalized spacial score (nSPS) is 11.6. The summed E-state index contributed by atoms with van der Waals surface area (Å²) in [5, 5.41) is 1.81. The van der Waals surface area contributed by atoms with Crippen LogP contribution >= 0.6 is 11.3 Å². The first kappa shape index (κ1) is 13.0. The van der Waals surface area contributed by atoms with Gasteiger partial charge < -0.3 is 5.73 Å². The zero-order chi connectivity index (χ0) is 13.0. The first-order valence-electron chi connectivity index (χ1n) is 5.24. The number of anilines is 1. The highest BCUT2D eigenvalue weighted by Gasteiger charge is 2.11. The molecule has 1 aromatic carbocycles. The molecule has 2 aromatic rings. The van der Waals surface area contributed by atoms with Gasteiger partial charge in [-0.15, -0.1) is 11.3 Å². The van der Waals surface area contributed by atoms with Crippen molar-refractivity contribution >= 4 is 27.0 Å². The lowest BCUT2D eigenvalue weighted by Gasteiger charge is -2.06. The highest BCUT2D eigenvalue weighted by atomic mass is 32.2. The van der Waals surface area contributed by atoms with Gasteiger partial charge in [0.05, 0.1) is 23.5 Å². The van der Waals surface area contributed by atoms with Crippen LogP contribution in [0.4, 0.5) is 5.69 Å². The van der Waals surface area contributed by atoms with Crippen molar-refractivity contribution < 1.29 is 8.42 Å². The second-order valence-electron chi connectivity index (χ2n) is 3.81. The van der Waals surface area contributed by atoms with Gasteiger partial charge in [0.25, 0.3) is 0 Å². The number of nitrogens with one attached hydrogen (secondary N) is 1. The fraction of sp³-hybridized carbons (Fsp3) is 0.182. The Morgan fingerprint density at radius 1 is 1.39 bits per heavy atom. The molecule has 96 valence electrons. The molecule has 18 heavy (non-hydrogen) atoms. The zero-order valence-corrected chi connectivity index (χ0v) is 11.2. The third kappa shape index (κ3) is 3.80. The number of nitrogen functional groups attached to an aromatic ring is 1. The van der Waals surface area contributed by atoms with Gasteiger partial charge in [-0.3, -0.25) is 0 Å². The summed E-state index contributed by atoms with van der Waals surface area (Å²) in [6.45, 7) is 0.216. The average Bonchev–Trinajstić information content (AvgIpc) is 2.78. The first-order chi connectivity index (χ1) is 8.55. The van der Waals surface area contributed by atoms with Gasteiger partial charge in [-0.1, -0.05) is 12.1 Å². The quantitative estimate of drug-likeness (QED) is 0.811. The topological polar surface area (TPSA) is 85.1 Å². The van der Waals surface area contributed by atoms with Crippen molar-refractivity contribution in [2.75, 3.05) is 5.73 Å². The molecule has 0 fully saturated rings. The van der Waals surface area contributed by atoms with Gasteiger partial charge in [-0.2, -0.15) is 0 Å². The average molecular weight is 283 g/mol. The maximum atomic E-state index is 11.8. The maximum absolute atomic E-state index is 11.8. The van der Waals surface area contributed by atoms with E-state index in [1.165, 1.54) is 11.3 Å². The van der Waals surface area contributed by atoms with Crippen molar-refractivity contribution in [1.82, 2.24) is 9.71 Å². The number of nitrogens with zero attached hydrogens (tertiary/aromatic N) is 1. The highest BCUT2D eigenvalue weighted by molar-refractivity contribution is 7.88. The molecule has 0 aliphatic rings. The van der Waals surface area contributed by atoms with Gasteiger partial charge in [0.15, 0.2) is 0 Å². The molecule has 0 saturated heterocycles. The van der Waals surface area contributed by atoms with Gasteiger partial charge in [0.1, 0.15) is 0 Å². The maximum Gasteiger partial charge on any atom is 0.216 e. The van der Waals surface area contributed by atoms with Crippen molar-refractivity contribution in [1.29, 1.82) is 0 Å². The Kier molecular flexibility index (Phi) is 3.95. The zero-order valence-electron chi connectivity index (χ0n) is 9.54. The van der Waals surface area contributed by atoms with Crippen molar-refractivity contribution in [2.24, 2.45) is 0 Å². The van der Waals surface area contributed by atoms with E-state index in [0.29, 0.717) is 11.3 Å². The molecule has 5 nitrogen and oxygen atoms in total. The largest absolute Gasteiger partial charge is 0.399 e. The van der Waals surface area contributed by atoms with Crippen LogP contribution in [0.2, 0.25) is 0 Å². The fourth-order valence-corrected chi connectivity index (χ4v) is 3.11. The summed E-state index contributed by atoms with van der Waals surface area (Å²) in [6.07, 6.45) is 0. The molecule has 2 rings (SSSR count). The van der Waals surface area contributed by atoms with Crippen LogP contribution in [0.1, 0.15) is 11.3 Å². The number of thiazole rings is 1. The predicted molar refractivity (Wildman–Crippen MR) is 72.4 cm³/mol. The number of hydrogen-bond donors (Lipinski definition) is 2. The summed E-state index contributed by atoms with van der Waals surface area (Å²) >= 11 is 1.43. The molecule has 0 unspecified atom stereocenters. The van der Waals surface area contributed by atoms with Crippen LogP contribution in [0.15, 0.2) is 35.2 Å².